The number of anilines is 1. The molecule has 4 aromatic rings. The molecule has 0 radical (unpaired) electrons. The summed E-state index contributed by atoms with van der Waals surface area (Å²) in [4.78, 5) is 22.0. The van der Waals surface area contributed by atoms with Crippen molar-refractivity contribution in [1.29, 1.82) is 0 Å². The quantitative estimate of drug-likeness (QED) is 0.474. The Morgan fingerprint density at radius 3 is 2.53 bits per heavy atom. The molecule has 0 bridgehead atoms. The van der Waals surface area contributed by atoms with E-state index in [0.29, 0.717) is 22.5 Å². The lowest BCUT2D eigenvalue weighted by Crippen LogP contribution is -2.46. The van der Waals surface area contributed by atoms with Crippen molar-refractivity contribution in [3.63, 3.8) is 0 Å². The summed E-state index contributed by atoms with van der Waals surface area (Å²) in [7, 11) is 0. The molecule has 3 aromatic heterocycles. The van der Waals surface area contributed by atoms with Crippen molar-refractivity contribution in [3.8, 4) is 11.3 Å². The predicted molar refractivity (Wildman–Crippen MR) is 119 cm³/mol. The monoisotopic (exact) mass is 403 g/mol. The van der Waals surface area contributed by atoms with E-state index >= 15 is 0 Å². The van der Waals surface area contributed by atoms with Crippen LogP contribution in [0.2, 0.25) is 0 Å². The molecular formula is C24H25N3O3. The van der Waals surface area contributed by atoms with Crippen LogP contribution in [0.3, 0.4) is 0 Å². The summed E-state index contributed by atoms with van der Waals surface area (Å²) in [6, 6.07) is 11.8. The van der Waals surface area contributed by atoms with Gasteiger partial charge in [0, 0.05) is 54.4 Å². The average molecular weight is 403 g/mol. The molecule has 5 rings (SSSR count). The number of nitrogens with zero attached hydrogens (tertiary/aromatic N) is 3. The van der Waals surface area contributed by atoms with Crippen LogP contribution in [-0.4, -0.2) is 42.6 Å². The highest BCUT2D eigenvalue weighted by atomic mass is 16.4. The van der Waals surface area contributed by atoms with Crippen molar-refractivity contribution in [3.05, 3.63) is 58.2 Å². The number of pyridine rings is 1. The topological polar surface area (TPSA) is 62.7 Å². The summed E-state index contributed by atoms with van der Waals surface area (Å²) in [5.41, 5.74) is 4.17. The molecule has 0 saturated carbocycles. The number of hydrogen-bond acceptors (Lipinski definition) is 6. The zero-order valence-electron chi connectivity index (χ0n) is 17.6. The van der Waals surface area contributed by atoms with Crippen molar-refractivity contribution < 1.29 is 8.83 Å². The number of aromatic nitrogens is 1. The molecular weight excluding hydrogens is 378 g/mol. The van der Waals surface area contributed by atoms with Crippen LogP contribution in [-0.2, 0) is 0 Å². The molecule has 6 heteroatoms. The Balaban J connectivity index is 1.52. The maximum Gasteiger partial charge on any atom is 0.347 e. The van der Waals surface area contributed by atoms with Gasteiger partial charge in [0.05, 0.1) is 5.69 Å². The minimum absolute atomic E-state index is 0.392. The second-order valence-electron chi connectivity index (χ2n) is 7.97. The number of fused-ring (bicyclic) bond motifs is 2. The molecule has 0 amide bonds. The highest BCUT2D eigenvalue weighted by Gasteiger charge is 2.18. The van der Waals surface area contributed by atoms with Gasteiger partial charge in [-0.05, 0) is 50.7 Å². The van der Waals surface area contributed by atoms with Gasteiger partial charge < -0.3 is 18.6 Å². The van der Waals surface area contributed by atoms with Crippen LogP contribution in [0, 0.1) is 13.8 Å². The predicted octanol–water partition coefficient (Wildman–Crippen LogP) is 4.36. The van der Waals surface area contributed by atoms with Crippen molar-refractivity contribution in [2.24, 2.45) is 0 Å². The molecule has 1 fully saturated rings. The fourth-order valence-corrected chi connectivity index (χ4v) is 4.29. The second-order valence-corrected chi connectivity index (χ2v) is 7.97. The standard InChI is InChI=1S/C24H25N3O3/c1-4-26-7-9-27(10-8-26)19-6-5-17-12-20(24(28)30-21(17)14-19)22-13-18-11-15(2)25-16(3)23(18)29-22/h5-6,11-14H,4,7-10H2,1-3H3. The number of aryl methyl sites for hydroxylation is 2. The molecule has 4 heterocycles. The third-order valence-corrected chi connectivity index (χ3v) is 5.97. The van der Waals surface area contributed by atoms with E-state index in [1.165, 1.54) is 0 Å². The molecule has 0 unspecified atom stereocenters. The van der Waals surface area contributed by atoms with Gasteiger partial charge in [0.2, 0.25) is 0 Å². The van der Waals surface area contributed by atoms with Gasteiger partial charge in [0.25, 0.3) is 0 Å². The van der Waals surface area contributed by atoms with Crippen LogP contribution < -0.4 is 10.5 Å². The maximum absolute atomic E-state index is 12.8. The summed E-state index contributed by atoms with van der Waals surface area (Å²) in [6.07, 6.45) is 0. The number of hydrogen-bond donors (Lipinski definition) is 0. The van der Waals surface area contributed by atoms with Crippen molar-refractivity contribution in [2.45, 2.75) is 20.8 Å². The molecule has 30 heavy (non-hydrogen) atoms. The summed E-state index contributed by atoms with van der Waals surface area (Å²) >= 11 is 0. The van der Waals surface area contributed by atoms with E-state index in [0.717, 1.165) is 60.6 Å². The molecule has 6 nitrogen and oxygen atoms in total. The SMILES string of the molecule is CCN1CCN(c2ccc3cc(-c4cc5cc(C)nc(C)c5o4)c(=O)oc3c2)CC1. The first-order valence-electron chi connectivity index (χ1n) is 10.4. The van der Waals surface area contributed by atoms with Crippen molar-refractivity contribution >= 4 is 27.6 Å². The normalized spacial score (nSPS) is 15.4. The van der Waals surface area contributed by atoms with Gasteiger partial charge in [-0.2, -0.15) is 0 Å². The van der Waals surface area contributed by atoms with E-state index in [1.807, 2.05) is 44.2 Å². The minimum atomic E-state index is -0.392. The van der Waals surface area contributed by atoms with E-state index in [4.69, 9.17) is 8.83 Å². The Hall–Kier alpha value is -3.12. The third-order valence-electron chi connectivity index (χ3n) is 5.97. The third kappa shape index (κ3) is 3.27. The molecule has 0 atom stereocenters. The Kier molecular flexibility index (Phi) is 4.59. The smallest absolute Gasteiger partial charge is 0.347 e. The van der Waals surface area contributed by atoms with Gasteiger partial charge in [-0.25, -0.2) is 4.79 Å². The summed E-state index contributed by atoms with van der Waals surface area (Å²) in [5, 5.41) is 1.82. The van der Waals surface area contributed by atoms with Gasteiger partial charge in [-0.1, -0.05) is 6.92 Å². The van der Waals surface area contributed by atoms with Gasteiger partial charge in [0.15, 0.2) is 5.58 Å². The lowest BCUT2D eigenvalue weighted by Gasteiger charge is -2.35. The average Bonchev–Trinajstić information content (AvgIpc) is 3.17. The van der Waals surface area contributed by atoms with E-state index in [2.05, 4.69) is 27.8 Å². The molecule has 1 saturated heterocycles. The number of piperazine rings is 1. The van der Waals surface area contributed by atoms with Crippen molar-refractivity contribution in [2.75, 3.05) is 37.6 Å². The maximum atomic E-state index is 12.8. The Morgan fingerprint density at radius 1 is 0.967 bits per heavy atom. The first-order chi connectivity index (χ1) is 14.5. The van der Waals surface area contributed by atoms with Crippen LogP contribution in [0.25, 0.3) is 33.3 Å². The zero-order chi connectivity index (χ0) is 20.8. The van der Waals surface area contributed by atoms with Gasteiger partial charge in [0.1, 0.15) is 16.9 Å². The largest absolute Gasteiger partial charge is 0.454 e. The van der Waals surface area contributed by atoms with E-state index in [9.17, 15) is 4.79 Å². The number of likely N-dealkylation sites (N-methyl/N-ethyl adjacent to an activating group) is 1. The first-order valence-corrected chi connectivity index (χ1v) is 10.4. The first kappa shape index (κ1) is 18.9. The fraction of sp³-hybridized carbons (Fsp3) is 0.333. The van der Waals surface area contributed by atoms with E-state index in [-0.39, 0.29) is 0 Å². The molecule has 0 aliphatic carbocycles. The molecule has 0 spiro atoms. The Morgan fingerprint density at radius 2 is 1.77 bits per heavy atom. The van der Waals surface area contributed by atoms with Gasteiger partial charge >= 0.3 is 5.63 Å². The molecule has 154 valence electrons. The summed E-state index contributed by atoms with van der Waals surface area (Å²) in [6.45, 7) is 11.2. The minimum Gasteiger partial charge on any atom is -0.454 e. The molecule has 1 aromatic carbocycles. The summed E-state index contributed by atoms with van der Waals surface area (Å²) < 4.78 is 11.7. The van der Waals surface area contributed by atoms with Crippen LogP contribution in [0.5, 0.6) is 0 Å². The van der Waals surface area contributed by atoms with Gasteiger partial charge in [-0.15, -0.1) is 0 Å². The molecule has 0 N–H and O–H groups in total. The second kappa shape index (κ2) is 7.29. The summed E-state index contributed by atoms with van der Waals surface area (Å²) in [5.74, 6) is 0.510. The van der Waals surface area contributed by atoms with E-state index < -0.39 is 5.63 Å². The number of rotatable bonds is 3. The highest BCUT2D eigenvalue weighted by Crippen LogP contribution is 2.30. The zero-order valence-corrected chi connectivity index (χ0v) is 17.6. The molecule has 1 aliphatic rings. The van der Waals surface area contributed by atoms with Crippen LogP contribution in [0.15, 0.2) is 50.0 Å². The van der Waals surface area contributed by atoms with Crippen LogP contribution >= 0.6 is 0 Å². The lowest BCUT2D eigenvalue weighted by molar-refractivity contribution is 0.271. The van der Waals surface area contributed by atoms with Crippen molar-refractivity contribution in [1.82, 2.24) is 9.88 Å². The Bertz CT molecular complexity index is 1300. The Labute approximate surface area is 174 Å². The van der Waals surface area contributed by atoms with Crippen LogP contribution in [0.4, 0.5) is 5.69 Å². The molecule has 1 aliphatic heterocycles. The number of benzene rings is 1. The van der Waals surface area contributed by atoms with E-state index in [1.54, 1.807) is 0 Å². The highest BCUT2D eigenvalue weighted by molar-refractivity contribution is 5.88. The fourth-order valence-electron chi connectivity index (χ4n) is 4.29. The lowest BCUT2D eigenvalue weighted by atomic mass is 10.1. The van der Waals surface area contributed by atoms with Gasteiger partial charge in [-0.3, -0.25) is 4.98 Å². The van der Waals surface area contributed by atoms with Crippen LogP contribution in [0.1, 0.15) is 18.3 Å². The number of furan rings is 1.